The van der Waals surface area contributed by atoms with Crippen LogP contribution in [0.4, 0.5) is 5.69 Å². The van der Waals surface area contributed by atoms with Crippen molar-refractivity contribution in [1.82, 2.24) is 0 Å². The number of hydrogen-bond donors (Lipinski definition) is 1. The molecule has 1 amide bonds. The van der Waals surface area contributed by atoms with E-state index < -0.39 is 18.5 Å². The molecule has 6 heteroatoms. The summed E-state index contributed by atoms with van der Waals surface area (Å²) in [4.78, 5) is 24.7. The Bertz CT molecular complexity index is 1030. The molecule has 1 N–H and O–H groups in total. The van der Waals surface area contributed by atoms with Crippen LogP contribution in [0.3, 0.4) is 0 Å². The number of esters is 1. The lowest BCUT2D eigenvalue weighted by atomic mass is 10.1. The summed E-state index contributed by atoms with van der Waals surface area (Å²) in [6, 6.07) is 21.8. The molecule has 0 radical (unpaired) electrons. The molecule has 31 heavy (non-hydrogen) atoms. The summed E-state index contributed by atoms with van der Waals surface area (Å²) in [5.74, 6) is 0.0835. The quantitative estimate of drug-likeness (QED) is 0.407. The molecule has 3 aromatic rings. The van der Waals surface area contributed by atoms with Crippen LogP contribution in [0.1, 0.15) is 21.5 Å². The van der Waals surface area contributed by atoms with Gasteiger partial charge < -0.3 is 19.5 Å². The molecule has 0 aliphatic carbocycles. The number of anilines is 1. The summed E-state index contributed by atoms with van der Waals surface area (Å²) < 4.78 is 16.5. The first-order chi connectivity index (χ1) is 15.0. The standard InChI is InChI=1S/C25H25NO5/c1-18-9-8-13-22(19(18)2)26-24(27)17-31-25(28)21-12-6-7-14-23(21)30-16-15-29-20-10-4-3-5-11-20/h3-14H,15-17H2,1-2H3,(H,26,27). The van der Waals surface area contributed by atoms with Crippen molar-refractivity contribution in [3.05, 3.63) is 89.5 Å². The molecule has 0 aliphatic rings. The Labute approximate surface area is 181 Å². The van der Waals surface area contributed by atoms with Gasteiger partial charge in [-0.25, -0.2) is 4.79 Å². The third-order valence-electron chi connectivity index (χ3n) is 4.67. The fourth-order valence-electron chi connectivity index (χ4n) is 2.87. The number of carbonyl (C=O) groups excluding carboxylic acids is 2. The summed E-state index contributed by atoms with van der Waals surface area (Å²) in [5, 5.41) is 2.77. The van der Waals surface area contributed by atoms with Gasteiger partial charge in [0, 0.05) is 5.69 Å². The van der Waals surface area contributed by atoms with Gasteiger partial charge in [-0.2, -0.15) is 0 Å². The highest BCUT2D eigenvalue weighted by molar-refractivity contribution is 5.97. The van der Waals surface area contributed by atoms with Crippen LogP contribution < -0.4 is 14.8 Å². The van der Waals surface area contributed by atoms with E-state index in [1.807, 2.05) is 62.4 Å². The summed E-state index contributed by atoms with van der Waals surface area (Å²) in [6.45, 7) is 4.08. The molecule has 0 heterocycles. The van der Waals surface area contributed by atoms with Crippen LogP contribution in [0.5, 0.6) is 11.5 Å². The third kappa shape index (κ3) is 6.34. The first-order valence-electron chi connectivity index (χ1n) is 9.97. The van der Waals surface area contributed by atoms with Gasteiger partial charge in [-0.1, -0.05) is 42.5 Å². The van der Waals surface area contributed by atoms with Gasteiger partial charge in [-0.05, 0) is 55.3 Å². The lowest BCUT2D eigenvalue weighted by Gasteiger charge is -2.13. The van der Waals surface area contributed by atoms with E-state index >= 15 is 0 Å². The van der Waals surface area contributed by atoms with Crippen molar-refractivity contribution in [1.29, 1.82) is 0 Å². The van der Waals surface area contributed by atoms with Gasteiger partial charge in [0.15, 0.2) is 6.61 Å². The summed E-state index contributed by atoms with van der Waals surface area (Å²) in [5.41, 5.74) is 2.99. The highest BCUT2D eigenvalue weighted by Gasteiger charge is 2.16. The molecule has 0 saturated carbocycles. The summed E-state index contributed by atoms with van der Waals surface area (Å²) >= 11 is 0. The number of hydrogen-bond acceptors (Lipinski definition) is 5. The van der Waals surface area contributed by atoms with E-state index in [1.165, 1.54) is 0 Å². The van der Waals surface area contributed by atoms with Gasteiger partial charge in [0.2, 0.25) is 0 Å². The predicted octanol–water partition coefficient (Wildman–Crippen LogP) is 4.56. The highest BCUT2D eigenvalue weighted by atomic mass is 16.5. The van der Waals surface area contributed by atoms with Crippen LogP contribution in [0, 0.1) is 13.8 Å². The van der Waals surface area contributed by atoms with Crippen LogP contribution in [-0.4, -0.2) is 31.7 Å². The Morgan fingerprint density at radius 2 is 1.52 bits per heavy atom. The molecule has 0 aromatic heterocycles. The number of amides is 1. The van der Waals surface area contributed by atoms with Gasteiger partial charge in [0.25, 0.3) is 5.91 Å². The number of rotatable bonds is 9. The number of para-hydroxylation sites is 2. The Hall–Kier alpha value is -3.80. The Balaban J connectivity index is 1.50. The number of nitrogens with one attached hydrogen (secondary N) is 1. The molecule has 0 saturated heterocycles. The van der Waals surface area contributed by atoms with Crippen molar-refractivity contribution >= 4 is 17.6 Å². The molecule has 0 atom stereocenters. The SMILES string of the molecule is Cc1cccc(NC(=O)COC(=O)c2ccccc2OCCOc2ccccc2)c1C. The second-order valence-corrected chi connectivity index (χ2v) is 6.88. The van der Waals surface area contributed by atoms with Gasteiger partial charge in [-0.15, -0.1) is 0 Å². The second kappa shape index (κ2) is 10.8. The van der Waals surface area contributed by atoms with E-state index in [4.69, 9.17) is 14.2 Å². The van der Waals surface area contributed by atoms with Gasteiger partial charge in [0.05, 0.1) is 0 Å². The lowest BCUT2D eigenvalue weighted by molar-refractivity contribution is -0.119. The lowest BCUT2D eigenvalue weighted by Crippen LogP contribution is -2.22. The van der Waals surface area contributed by atoms with Crippen molar-refractivity contribution in [2.45, 2.75) is 13.8 Å². The zero-order chi connectivity index (χ0) is 22.1. The Morgan fingerprint density at radius 3 is 2.32 bits per heavy atom. The Morgan fingerprint density at radius 1 is 0.806 bits per heavy atom. The highest BCUT2D eigenvalue weighted by Crippen LogP contribution is 2.20. The predicted molar refractivity (Wildman–Crippen MR) is 119 cm³/mol. The van der Waals surface area contributed by atoms with Crippen LogP contribution in [-0.2, 0) is 9.53 Å². The van der Waals surface area contributed by atoms with E-state index in [9.17, 15) is 9.59 Å². The zero-order valence-electron chi connectivity index (χ0n) is 17.6. The average molecular weight is 419 g/mol. The number of aryl methyl sites for hydroxylation is 1. The Kier molecular flexibility index (Phi) is 7.65. The topological polar surface area (TPSA) is 73.9 Å². The zero-order valence-corrected chi connectivity index (χ0v) is 17.6. The van der Waals surface area contributed by atoms with E-state index in [0.717, 1.165) is 16.9 Å². The molecular formula is C25H25NO5. The molecular weight excluding hydrogens is 394 g/mol. The number of carbonyl (C=O) groups is 2. The van der Waals surface area contributed by atoms with Crippen LogP contribution in [0.25, 0.3) is 0 Å². The third-order valence-corrected chi connectivity index (χ3v) is 4.67. The fraction of sp³-hybridized carbons (Fsp3) is 0.200. The smallest absolute Gasteiger partial charge is 0.342 e. The fourth-order valence-corrected chi connectivity index (χ4v) is 2.87. The van der Waals surface area contributed by atoms with Crippen molar-refractivity contribution in [2.75, 3.05) is 25.1 Å². The minimum atomic E-state index is -0.629. The largest absolute Gasteiger partial charge is 0.490 e. The molecule has 0 aliphatic heterocycles. The average Bonchev–Trinajstić information content (AvgIpc) is 2.79. The summed E-state index contributed by atoms with van der Waals surface area (Å²) in [7, 11) is 0. The van der Waals surface area contributed by atoms with Crippen LogP contribution in [0.15, 0.2) is 72.8 Å². The number of ether oxygens (including phenoxy) is 3. The maximum absolute atomic E-state index is 12.5. The van der Waals surface area contributed by atoms with E-state index in [-0.39, 0.29) is 12.2 Å². The molecule has 0 unspecified atom stereocenters. The van der Waals surface area contributed by atoms with Crippen molar-refractivity contribution in [3.8, 4) is 11.5 Å². The molecule has 0 bridgehead atoms. The van der Waals surface area contributed by atoms with Gasteiger partial charge >= 0.3 is 5.97 Å². The van der Waals surface area contributed by atoms with Crippen molar-refractivity contribution in [2.24, 2.45) is 0 Å². The molecule has 0 spiro atoms. The summed E-state index contributed by atoms with van der Waals surface area (Å²) in [6.07, 6.45) is 0. The molecule has 6 nitrogen and oxygen atoms in total. The minimum Gasteiger partial charge on any atom is -0.490 e. The van der Waals surface area contributed by atoms with E-state index in [0.29, 0.717) is 18.0 Å². The molecule has 3 aromatic carbocycles. The van der Waals surface area contributed by atoms with Gasteiger partial charge in [0.1, 0.15) is 30.3 Å². The van der Waals surface area contributed by atoms with Crippen LogP contribution in [0.2, 0.25) is 0 Å². The second-order valence-electron chi connectivity index (χ2n) is 6.88. The number of benzene rings is 3. The maximum Gasteiger partial charge on any atom is 0.342 e. The molecule has 3 rings (SSSR count). The van der Waals surface area contributed by atoms with Crippen molar-refractivity contribution in [3.63, 3.8) is 0 Å². The minimum absolute atomic E-state index is 0.252. The van der Waals surface area contributed by atoms with Gasteiger partial charge in [-0.3, -0.25) is 4.79 Å². The van der Waals surface area contributed by atoms with E-state index in [1.54, 1.807) is 24.3 Å². The first kappa shape index (κ1) is 21.9. The first-order valence-corrected chi connectivity index (χ1v) is 9.97. The van der Waals surface area contributed by atoms with Crippen LogP contribution >= 0.6 is 0 Å². The maximum atomic E-state index is 12.5. The molecule has 0 fully saturated rings. The van der Waals surface area contributed by atoms with E-state index in [2.05, 4.69) is 5.32 Å². The normalized spacial score (nSPS) is 10.3. The van der Waals surface area contributed by atoms with Crippen molar-refractivity contribution < 1.29 is 23.8 Å². The monoisotopic (exact) mass is 419 g/mol. The molecule has 160 valence electrons.